The Morgan fingerprint density at radius 2 is 1.27 bits per heavy atom. The van der Waals surface area contributed by atoms with Crippen LogP contribution in [0.4, 0.5) is 0 Å². The summed E-state index contributed by atoms with van der Waals surface area (Å²) in [5.74, 6) is 0.568. The summed E-state index contributed by atoms with van der Waals surface area (Å²) in [6, 6.07) is 0. The van der Waals surface area contributed by atoms with Crippen LogP contribution in [0, 0.1) is 56.7 Å². The number of allylic oxidation sites excluding steroid dienone is 1. The first kappa shape index (κ1) is 41.9. The van der Waals surface area contributed by atoms with Gasteiger partial charge in [0, 0.05) is 0 Å². The van der Waals surface area contributed by atoms with Crippen LogP contribution in [0.25, 0.3) is 0 Å². The SMILES string of the molecule is C=C(C)[C@@H]1CC[C@]2(C(=O)O[C@@H]3O[C@H](CO)[C@@H](O)[C@H](O)[C@H]3O)CC[C@]3(C)[C@H](CC[C@@H]4[C@@]5(C)CC[C@H](O[C@@H]6O[C@H](CO)[C@@H](O)[C@H](O)[C@H]6O)C(C)(C)[C@@H]5CC[C@]43C)[C@@H]12. The second kappa shape index (κ2) is 14.5. The lowest BCUT2D eigenvalue weighted by Gasteiger charge is -2.73. The monoisotopic (exact) mass is 780 g/mol. The van der Waals surface area contributed by atoms with Crippen molar-refractivity contribution in [2.24, 2.45) is 56.7 Å². The number of carbonyl (C=O) groups is 1. The predicted octanol–water partition coefficient (Wildman–Crippen LogP) is 2.17. The van der Waals surface area contributed by atoms with Gasteiger partial charge in [-0.2, -0.15) is 0 Å². The highest BCUT2D eigenvalue weighted by atomic mass is 16.7. The number of rotatable bonds is 7. The second-order valence-electron chi connectivity index (χ2n) is 20.1. The molecular formula is C42H68O13. The molecule has 7 rings (SSSR count). The molecule has 7 fully saturated rings. The van der Waals surface area contributed by atoms with Crippen molar-refractivity contribution in [3.63, 3.8) is 0 Å². The van der Waals surface area contributed by atoms with Gasteiger partial charge in [0.15, 0.2) is 6.29 Å². The van der Waals surface area contributed by atoms with E-state index >= 15 is 0 Å². The third-order valence-electron chi connectivity index (χ3n) is 17.6. The third kappa shape index (κ3) is 6.06. The van der Waals surface area contributed by atoms with Crippen LogP contribution < -0.4 is 0 Å². The van der Waals surface area contributed by atoms with Crippen molar-refractivity contribution in [2.45, 2.75) is 173 Å². The van der Waals surface area contributed by atoms with Crippen molar-refractivity contribution in [1.29, 1.82) is 0 Å². The Morgan fingerprint density at radius 1 is 0.673 bits per heavy atom. The maximum Gasteiger partial charge on any atom is 0.314 e. The van der Waals surface area contributed by atoms with E-state index in [1.54, 1.807) is 0 Å². The molecule has 314 valence electrons. The Morgan fingerprint density at radius 3 is 1.87 bits per heavy atom. The van der Waals surface area contributed by atoms with Gasteiger partial charge in [-0.25, -0.2) is 0 Å². The van der Waals surface area contributed by atoms with Gasteiger partial charge in [0.1, 0.15) is 48.8 Å². The van der Waals surface area contributed by atoms with E-state index in [1.807, 2.05) is 0 Å². The minimum atomic E-state index is -1.66. The number of carbonyl (C=O) groups excluding carboxylic acids is 1. The van der Waals surface area contributed by atoms with E-state index in [2.05, 4.69) is 48.1 Å². The Labute approximate surface area is 325 Å². The summed E-state index contributed by atoms with van der Waals surface area (Å²) in [4.78, 5) is 14.6. The molecule has 5 aliphatic carbocycles. The number of hydrogen-bond acceptors (Lipinski definition) is 13. The highest BCUT2D eigenvalue weighted by Crippen LogP contribution is 2.77. The summed E-state index contributed by atoms with van der Waals surface area (Å²) in [5.41, 5.74) is -0.208. The zero-order valence-electron chi connectivity index (χ0n) is 33.5. The Balaban J connectivity index is 1.13. The van der Waals surface area contributed by atoms with Crippen molar-refractivity contribution in [2.75, 3.05) is 13.2 Å². The van der Waals surface area contributed by atoms with E-state index in [9.17, 15) is 45.6 Å². The van der Waals surface area contributed by atoms with Gasteiger partial charge in [0.05, 0.1) is 24.7 Å². The smallest absolute Gasteiger partial charge is 0.314 e. The van der Waals surface area contributed by atoms with Gasteiger partial charge in [0.2, 0.25) is 6.29 Å². The molecular weight excluding hydrogens is 712 g/mol. The van der Waals surface area contributed by atoms with E-state index in [0.29, 0.717) is 24.7 Å². The quantitative estimate of drug-likeness (QED) is 0.106. The molecule has 0 radical (unpaired) electrons. The average molecular weight is 781 g/mol. The van der Waals surface area contributed by atoms with E-state index in [1.165, 1.54) is 0 Å². The maximum absolute atomic E-state index is 14.6. The summed E-state index contributed by atoms with van der Waals surface area (Å²) in [6.45, 7) is 17.3. The standard InChI is InChI=1S/C42H68O13/c1-20(2)21-10-15-42(37(51)55-36-34(50)32(48)30(46)24(19-44)53-36)17-16-40(6)22(28(21)42)8-9-26-39(5)13-12-27(38(3,4)25(39)11-14-41(26,40)7)54-35-33(49)31(47)29(45)23(18-43)52-35/h21-36,43-50H,1,8-19H2,2-7H3/t21-,22+,23+,24+,25-,26+,27-,28+,29+,30+,31-,32-,33+,34+,35-,36-,39-,40+,41+,42-/m0/s1. The van der Waals surface area contributed by atoms with Crippen molar-refractivity contribution < 1.29 is 64.6 Å². The molecule has 0 unspecified atom stereocenters. The molecule has 2 aliphatic heterocycles. The van der Waals surface area contributed by atoms with Crippen LogP contribution in [-0.2, 0) is 23.7 Å². The second-order valence-corrected chi connectivity index (χ2v) is 20.1. The molecule has 0 spiro atoms. The van der Waals surface area contributed by atoms with E-state index < -0.39 is 86.0 Å². The molecule has 0 aromatic rings. The Kier molecular flexibility index (Phi) is 11.0. The van der Waals surface area contributed by atoms with Gasteiger partial charge in [-0.05, 0) is 122 Å². The van der Waals surface area contributed by atoms with E-state index in [4.69, 9.17) is 18.9 Å². The Hall–Kier alpha value is -1.23. The lowest BCUT2D eigenvalue weighted by molar-refractivity contribution is -0.332. The van der Waals surface area contributed by atoms with Crippen LogP contribution in [0.2, 0.25) is 0 Å². The molecule has 0 aromatic heterocycles. The maximum atomic E-state index is 14.6. The lowest BCUT2D eigenvalue weighted by atomic mass is 9.32. The fraction of sp³-hybridized carbons (Fsp3) is 0.929. The summed E-state index contributed by atoms with van der Waals surface area (Å²) in [7, 11) is 0. The van der Waals surface area contributed by atoms with Crippen molar-refractivity contribution in [3.8, 4) is 0 Å². The molecule has 20 atom stereocenters. The van der Waals surface area contributed by atoms with Crippen LogP contribution in [0.15, 0.2) is 12.2 Å². The van der Waals surface area contributed by atoms with E-state index in [0.717, 1.165) is 56.9 Å². The van der Waals surface area contributed by atoms with Gasteiger partial charge in [-0.15, -0.1) is 0 Å². The van der Waals surface area contributed by atoms with Crippen LogP contribution >= 0.6 is 0 Å². The minimum absolute atomic E-state index is 0.0142. The van der Waals surface area contributed by atoms with Gasteiger partial charge in [-0.1, -0.05) is 46.8 Å². The van der Waals surface area contributed by atoms with Crippen LogP contribution in [0.1, 0.15) is 106 Å². The van der Waals surface area contributed by atoms with Gasteiger partial charge in [-0.3, -0.25) is 4.79 Å². The topological polar surface area (TPSA) is 216 Å². The summed E-state index contributed by atoms with van der Waals surface area (Å²) in [6.07, 6.45) is -5.89. The minimum Gasteiger partial charge on any atom is -0.432 e. The third-order valence-corrected chi connectivity index (χ3v) is 17.6. The predicted molar refractivity (Wildman–Crippen MR) is 197 cm³/mol. The fourth-order valence-electron chi connectivity index (χ4n) is 14.4. The molecule has 8 N–H and O–H groups in total. The first-order valence-corrected chi connectivity index (χ1v) is 20.9. The molecule has 0 aromatic carbocycles. The zero-order valence-corrected chi connectivity index (χ0v) is 33.5. The number of ether oxygens (including phenoxy) is 4. The molecule has 2 saturated heterocycles. The largest absolute Gasteiger partial charge is 0.432 e. The summed E-state index contributed by atoms with van der Waals surface area (Å²) < 4.78 is 23.9. The molecule has 5 saturated carbocycles. The van der Waals surface area contributed by atoms with Crippen LogP contribution in [0.3, 0.4) is 0 Å². The zero-order chi connectivity index (χ0) is 40.2. The highest BCUT2D eigenvalue weighted by molar-refractivity contribution is 5.78. The van der Waals surface area contributed by atoms with E-state index in [-0.39, 0.29) is 45.5 Å². The molecule has 0 bridgehead atoms. The van der Waals surface area contributed by atoms with Gasteiger partial charge >= 0.3 is 5.97 Å². The molecule has 0 amide bonds. The van der Waals surface area contributed by atoms with Crippen LogP contribution in [0.5, 0.6) is 0 Å². The first-order chi connectivity index (χ1) is 25.7. The number of fused-ring (bicyclic) bond motifs is 7. The van der Waals surface area contributed by atoms with Crippen molar-refractivity contribution >= 4 is 5.97 Å². The first-order valence-electron chi connectivity index (χ1n) is 20.9. The van der Waals surface area contributed by atoms with Gasteiger partial charge in [0.25, 0.3) is 0 Å². The Bertz CT molecular complexity index is 1450. The lowest BCUT2D eigenvalue weighted by Crippen LogP contribution is -2.68. The number of hydrogen-bond donors (Lipinski definition) is 8. The molecule has 7 aliphatic rings. The van der Waals surface area contributed by atoms with Crippen molar-refractivity contribution in [3.05, 3.63) is 12.2 Å². The number of aliphatic hydroxyl groups excluding tert-OH is 8. The summed E-state index contributed by atoms with van der Waals surface area (Å²) in [5, 5.41) is 82.7. The van der Waals surface area contributed by atoms with Crippen LogP contribution in [-0.4, -0.2) is 128 Å². The van der Waals surface area contributed by atoms with Gasteiger partial charge < -0.3 is 59.8 Å². The number of aliphatic hydroxyl groups is 8. The van der Waals surface area contributed by atoms with Crippen molar-refractivity contribution in [1.82, 2.24) is 0 Å². The normalized spacial score (nSPS) is 54.7. The highest BCUT2D eigenvalue weighted by Gasteiger charge is 2.72. The molecule has 13 heteroatoms. The molecule has 55 heavy (non-hydrogen) atoms. The summed E-state index contributed by atoms with van der Waals surface area (Å²) >= 11 is 0. The average Bonchev–Trinajstić information content (AvgIpc) is 3.54. The fourth-order valence-corrected chi connectivity index (χ4v) is 14.4. The number of esters is 1. The molecule has 2 heterocycles. The molecule has 13 nitrogen and oxygen atoms in total.